The van der Waals surface area contributed by atoms with E-state index in [0.29, 0.717) is 47.5 Å². The number of nitrogens with one attached hydrogen (secondary N) is 3. The highest BCUT2D eigenvalue weighted by atomic mass is 16.3. The van der Waals surface area contributed by atoms with E-state index in [1.165, 1.54) is 0 Å². The quantitative estimate of drug-likeness (QED) is 0.160. The molecule has 0 fully saturated rings. The van der Waals surface area contributed by atoms with Gasteiger partial charge in [0.25, 0.3) is 5.91 Å². The largest absolute Gasteiger partial charge is 0.436 e. The van der Waals surface area contributed by atoms with Crippen LogP contribution in [0.25, 0.3) is 22.6 Å². The fraction of sp³-hybridized carbons (Fsp3) is 0.371. The van der Waals surface area contributed by atoms with Gasteiger partial charge in [-0.05, 0) is 75.1 Å². The monoisotopic (exact) mass is 627 g/mol. The first kappa shape index (κ1) is 32.8. The molecule has 3 aromatic carbocycles. The molecule has 1 unspecified atom stereocenters. The fourth-order valence-electron chi connectivity index (χ4n) is 5.90. The van der Waals surface area contributed by atoms with Gasteiger partial charge < -0.3 is 35.5 Å². The zero-order valence-corrected chi connectivity index (χ0v) is 26.4. The third-order valence-electron chi connectivity index (χ3n) is 8.05. The Kier molecular flexibility index (Phi) is 10.2. The van der Waals surface area contributed by atoms with Crippen molar-refractivity contribution in [2.45, 2.75) is 64.2 Å². The number of benzene rings is 3. The minimum atomic E-state index is -0.740. The smallest absolute Gasteiger partial charge is 0.252 e. The van der Waals surface area contributed by atoms with Crippen molar-refractivity contribution in [2.75, 3.05) is 24.7 Å². The number of hydrogen-bond acceptors (Lipinski definition) is 8. The van der Waals surface area contributed by atoms with Crippen molar-refractivity contribution in [3.8, 4) is 11.5 Å². The standard InChI is InChI=1S/C35H41N5O6/c1-4-36-32(44)25-10-6-7-11-26(25)33-38-28-17-22(13-16-30(28)46-33)19-40-29-12-8-5-9-23(29)14-15-27(34(40)45)37-31(43)18-35(2,3)39-24(20-41)21-42/h5-13,16-17,24,27,39,41-42H,4,14-15,18-21H2,1-3H3,(H,36,44)(H,37,43). The van der Waals surface area contributed by atoms with Crippen LogP contribution in [0.15, 0.2) is 71.1 Å². The molecule has 1 atom stereocenters. The number of carbonyl (C=O) groups is 3. The molecule has 1 aliphatic heterocycles. The Morgan fingerprint density at radius 3 is 2.57 bits per heavy atom. The van der Waals surface area contributed by atoms with Gasteiger partial charge in [-0.15, -0.1) is 0 Å². The molecular weight excluding hydrogens is 586 g/mol. The molecule has 0 bridgehead atoms. The number of aliphatic hydroxyl groups is 2. The summed E-state index contributed by atoms with van der Waals surface area (Å²) in [6.07, 6.45) is 1.10. The van der Waals surface area contributed by atoms with E-state index in [1.807, 2.05) is 69.3 Å². The Bertz CT molecular complexity index is 1710. The molecule has 3 amide bonds. The molecular formula is C35H41N5O6. The van der Waals surface area contributed by atoms with Gasteiger partial charge >= 0.3 is 0 Å². The number of aliphatic hydroxyl groups excluding tert-OH is 2. The number of fused-ring (bicyclic) bond motifs is 2. The number of anilines is 1. The Labute approximate surface area is 268 Å². The van der Waals surface area contributed by atoms with Crippen molar-refractivity contribution < 1.29 is 29.0 Å². The summed E-state index contributed by atoms with van der Waals surface area (Å²) in [5.74, 6) is -0.402. The number of para-hydroxylation sites is 1. The van der Waals surface area contributed by atoms with Crippen LogP contribution in [0.4, 0.5) is 5.69 Å². The third kappa shape index (κ3) is 7.44. The maximum absolute atomic E-state index is 14.0. The number of aromatic nitrogens is 1. The normalized spacial score (nSPS) is 15.1. The van der Waals surface area contributed by atoms with Crippen LogP contribution in [-0.2, 0) is 22.6 Å². The molecule has 0 saturated carbocycles. The first-order chi connectivity index (χ1) is 22.1. The summed E-state index contributed by atoms with van der Waals surface area (Å²) in [6.45, 7) is 5.70. The van der Waals surface area contributed by atoms with Crippen LogP contribution in [0.2, 0.25) is 0 Å². The van der Waals surface area contributed by atoms with Crippen molar-refractivity contribution in [2.24, 2.45) is 0 Å². The lowest BCUT2D eigenvalue weighted by Crippen LogP contribution is -2.53. The van der Waals surface area contributed by atoms with E-state index in [1.54, 1.807) is 23.1 Å². The average Bonchev–Trinajstić information content (AvgIpc) is 3.42. The van der Waals surface area contributed by atoms with E-state index in [9.17, 15) is 24.6 Å². The molecule has 0 spiro atoms. The van der Waals surface area contributed by atoms with Crippen LogP contribution in [-0.4, -0.2) is 70.3 Å². The van der Waals surface area contributed by atoms with Gasteiger partial charge in [-0.2, -0.15) is 0 Å². The Morgan fingerprint density at radius 1 is 1.07 bits per heavy atom. The number of nitrogens with zero attached hydrogens (tertiary/aromatic N) is 2. The second-order valence-corrected chi connectivity index (χ2v) is 12.2. The Balaban J connectivity index is 1.38. The first-order valence-electron chi connectivity index (χ1n) is 15.6. The minimum Gasteiger partial charge on any atom is -0.436 e. The molecule has 5 rings (SSSR count). The van der Waals surface area contributed by atoms with Gasteiger partial charge in [0.1, 0.15) is 11.6 Å². The van der Waals surface area contributed by atoms with Crippen LogP contribution in [0, 0.1) is 0 Å². The van der Waals surface area contributed by atoms with Crippen LogP contribution in [0.5, 0.6) is 0 Å². The average molecular weight is 628 g/mol. The zero-order chi connectivity index (χ0) is 32.8. The summed E-state index contributed by atoms with van der Waals surface area (Å²) in [5, 5.41) is 27.8. The first-order valence-corrected chi connectivity index (χ1v) is 15.6. The molecule has 0 aliphatic carbocycles. The molecule has 2 heterocycles. The zero-order valence-electron chi connectivity index (χ0n) is 26.4. The molecule has 11 heteroatoms. The SMILES string of the molecule is CCNC(=O)c1ccccc1-c1nc2cc(CN3C(=O)C(NC(=O)CC(C)(C)NC(CO)CO)CCc4ccccc43)ccc2o1. The van der Waals surface area contributed by atoms with Gasteiger partial charge in [0.2, 0.25) is 17.7 Å². The Hall–Kier alpha value is -4.58. The molecule has 0 saturated heterocycles. The van der Waals surface area contributed by atoms with E-state index in [2.05, 4.69) is 16.0 Å². The van der Waals surface area contributed by atoms with E-state index in [0.717, 1.165) is 16.8 Å². The lowest BCUT2D eigenvalue weighted by atomic mass is 9.98. The van der Waals surface area contributed by atoms with E-state index in [-0.39, 0.29) is 43.9 Å². The van der Waals surface area contributed by atoms with Crippen molar-refractivity contribution in [1.82, 2.24) is 20.9 Å². The molecule has 242 valence electrons. The van der Waals surface area contributed by atoms with Gasteiger partial charge in [0.15, 0.2) is 5.58 Å². The highest BCUT2D eigenvalue weighted by Gasteiger charge is 2.33. The fourth-order valence-corrected chi connectivity index (χ4v) is 5.90. The number of oxazole rings is 1. The second kappa shape index (κ2) is 14.2. The summed E-state index contributed by atoms with van der Waals surface area (Å²) in [5.41, 5.74) is 4.11. The van der Waals surface area contributed by atoms with E-state index in [4.69, 9.17) is 9.40 Å². The lowest BCUT2D eigenvalue weighted by molar-refractivity contribution is -0.128. The lowest BCUT2D eigenvalue weighted by Gasteiger charge is -2.31. The summed E-state index contributed by atoms with van der Waals surface area (Å²) in [7, 11) is 0. The van der Waals surface area contributed by atoms with Crippen molar-refractivity contribution in [3.63, 3.8) is 0 Å². The number of rotatable bonds is 12. The molecule has 1 aliphatic rings. The van der Waals surface area contributed by atoms with Crippen molar-refractivity contribution in [3.05, 3.63) is 83.4 Å². The maximum atomic E-state index is 14.0. The summed E-state index contributed by atoms with van der Waals surface area (Å²) >= 11 is 0. The van der Waals surface area contributed by atoms with Gasteiger partial charge in [-0.1, -0.05) is 36.4 Å². The molecule has 11 nitrogen and oxygen atoms in total. The number of carbonyl (C=O) groups excluding carboxylic acids is 3. The number of amides is 3. The molecule has 46 heavy (non-hydrogen) atoms. The van der Waals surface area contributed by atoms with Crippen LogP contribution >= 0.6 is 0 Å². The Morgan fingerprint density at radius 2 is 1.80 bits per heavy atom. The van der Waals surface area contributed by atoms with Gasteiger partial charge in [-0.3, -0.25) is 14.4 Å². The van der Waals surface area contributed by atoms with Crippen molar-refractivity contribution in [1.29, 1.82) is 0 Å². The highest BCUT2D eigenvalue weighted by molar-refractivity contribution is 6.01. The molecule has 1 aromatic heterocycles. The predicted octanol–water partition coefficient (Wildman–Crippen LogP) is 3.32. The summed E-state index contributed by atoms with van der Waals surface area (Å²) < 4.78 is 6.05. The second-order valence-electron chi connectivity index (χ2n) is 12.2. The van der Waals surface area contributed by atoms with Gasteiger partial charge in [-0.25, -0.2) is 4.98 Å². The minimum absolute atomic E-state index is 0.0502. The number of hydrogen-bond donors (Lipinski definition) is 5. The van der Waals surface area contributed by atoms with Crippen molar-refractivity contribution >= 4 is 34.5 Å². The van der Waals surface area contributed by atoms with Gasteiger partial charge in [0.05, 0.1) is 31.4 Å². The van der Waals surface area contributed by atoms with Gasteiger partial charge in [0, 0.05) is 29.8 Å². The third-order valence-corrected chi connectivity index (χ3v) is 8.05. The van der Waals surface area contributed by atoms with Crippen LogP contribution < -0.4 is 20.9 Å². The van der Waals surface area contributed by atoms with Crippen LogP contribution in [0.1, 0.15) is 55.1 Å². The summed E-state index contributed by atoms with van der Waals surface area (Å²) in [6, 6.07) is 19.2. The number of aryl methyl sites for hydroxylation is 1. The molecule has 4 aromatic rings. The topological polar surface area (TPSA) is 157 Å². The van der Waals surface area contributed by atoms with Crippen LogP contribution in [0.3, 0.4) is 0 Å². The van der Waals surface area contributed by atoms with E-state index >= 15 is 0 Å². The van der Waals surface area contributed by atoms with E-state index < -0.39 is 17.6 Å². The summed E-state index contributed by atoms with van der Waals surface area (Å²) in [4.78, 5) is 46.3. The highest BCUT2D eigenvalue weighted by Crippen LogP contribution is 2.31. The maximum Gasteiger partial charge on any atom is 0.252 e. The molecule has 0 radical (unpaired) electrons. The molecule has 5 N–H and O–H groups in total. The predicted molar refractivity (Wildman–Crippen MR) is 175 cm³/mol.